The topological polar surface area (TPSA) is 0 Å². The minimum Gasteiger partial charge on any atom is -0.0856 e. The molecule has 1 aromatic rings. The van der Waals surface area contributed by atoms with E-state index in [0.717, 1.165) is 17.0 Å². The van der Waals surface area contributed by atoms with Crippen molar-refractivity contribution in [1.29, 1.82) is 0 Å². The summed E-state index contributed by atoms with van der Waals surface area (Å²) in [7, 11) is 0. The molecule has 0 atom stereocenters. The first kappa shape index (κ1) is 11.4. The van der Waals surface area contributed by atoms with Crippen molar-refractivity contribution in [3.63, 3.8) is 0 Å². The van der Waals surface area contributed by atoms with Gasteiger partial charge in [0.05, 0.1) is 0 Å². The maximum atomic E-state index is 6.03. The van der Waals surface area contributed by atoms with Crippen LogP contribution in [0.1, 0.15) is 19.4 Å². The molecule has 1 aromatic carbocycles. The zero-order valence-electron chi connectivity index (χ0n) is 7.57. The number of benzene rings is 1. The van der Waals surface area contributed by atoms with Crippen molar-refractivity contribution >= 4 is 39.1 Å². The smallest absolute Gasteiger partial charge is 0.0453 e. The second-order valence-electron chi connectivity index (χ2n) is 3.63. The molecule has 0 spiro atoms. The Labute approximate surface area is 97.4 Å². The van der Waals surface area contributed by atoms with Gasteiger partial charge in [0.2, 0.25) is 0 Å². The summed E-state index contributed by atoms with van der Waals surface area (Å²) in [6.45, 7) is 4.22. The van der Waals surface area contributed by atoms with E-state index in [1.165, 1.54) is 0 Å². The molecular formula is C10H11BrCl2. The van der Waals surface area contributed by atoms with Crippen LogP contribution < -0.4 is 0 Å². The van der Waals surface area contributed by atoms with Crippen LogP contribution >= 0.6 is 39.1 Å². The highest BCUT2D eigenvalue weighted by atomic mass is 79.9. The van der Waals surface area contributed by atoms with Gasteiger partial charge in [-0.05, 0) is 38.0 Å². The van der Waals surface area contributed by atoms with E-state index in [1.54, 1.807) is 6.07 Å². The summed E-state index contributed by atoms with van der Waals surface area (Å²) in [6.07, 6.45) is 0.892. The lowest BCUT2D eigenvalue weighted by Gasteiger charge is -2.16. The molecule has 0 amide bonds. The zero-order chi connectivity index (χ0) is 10.1. The standard InChI is InChI=1S/C10H11BrCl2/c1-10(2,11)6-7-3-4-8(12)5-9(7)13/h3-5H,6H2,1-2H3. The monoisotopic (exact) mass is 280 g/mol. The number of hydrogen-bond donors (Lipinski definition) is 0. The Bertz CT molecular complexity index is 302. The molecule has 0 bridgehead atoms. The number of alkyl halides is 1. The molecule has 0 fully saturated rings. The van der Waals surface area contributed by atoms with E-state index in [9.17, 15) is 0 Å². The van der Waals surface area contributed by atoms with Crippen LogP contribution in [0.5, 0.6) is 0 Å². The predicted octanol–water partition coefficient (Wildman–Crippen LogP) is 4.71. The molecule has 13 heavy (non-hydrogen) atoms. The summed E-state index contributed by atoms with van der Waals surface area (Å²) in [5, 5.41) is 1.42. The average Bonchev–Trinajstić information content (AvgIpc) is 1.93. The summed E-state index contributed by atoms with van der Waals surface area (Å²) >= 11 is 15.4. The van der Waals surface area contributed by atoms with Crippen molar-refractivity contribution < 1.29 is 0 Å². The Hall–Kier alpha value is 0.280. The van der Waals surface area contributed by atoms with Gasteiger partial charge < -0.3 is 0 Å². The third-order valence-corrected chi connectivity index (χ3v) is 2.49. The van der Waals surface area contributed by atoms with Crippen molar-refractivity contribution in [2.45, 2.75) is 24.6 Å². The van der Waals surface area contributed by atoms with E-state index in [0.29, 0.717) is 5.02 Å². The molecule has 0 aliphatic rings. The van der Waals surface area contributed by atoms with Crippen molar-refractivity contribution in [2.75, 3.05) is 0 Å². The fourth-order valence-corrected chi connectivity index (χ4v) is 1.90. The molecular weight excluding hydrogens is 271 g/mol. The molecule has 0 unspecified atom stereocenters. The average molecular weight is 282 g/mol. The van der Waals surface area contributed by atoms with Crippen molar-refractivity contribution in [3.05, 3.63) is 33.8 Å². The first-order valence-electron chi connectivity index (χ1n) is 4.01. The quantitative estimate of drug-likeness (QED) is 0.689. The van der Waals surface area contributed by atoms with Crippen LogP contribution in [-0.2, 0) is 6.42 Å². The highest BCUT2D eigenvalue weighted by Crippen LogP contribution is 2.28. The summed E-state index contributed by atoms with van der Waals surface area (Å²) in [4.78, 5) is 0. The molecule has 0 aliphatic carbocycles. The van der Waals surface area contributed by atoms with Gasteiger partial charge in [-0.25, -0.2) is 0 Å². The molecule has 0 aliphatic heterocycles. The molecule has 1 rings (SSSR count). The van der Waals surface area contributed by atoms with E-state index < -0.39 is 0 Å². The molecule has 72 valence electrons. The van der Waals surface area contributed by atoms with Crippen LogP contribution in [0.25, 0.3) is 0 Å². The van der Waals surface area contributed by atoms with E-state index in [2.05, 4.69) is 29.8 Å². The van der Waals surface area contributed by atoms with Gasteiger partial charge in [-0.15, -0.1) is 0 Å². The number of halogens is 3. The number of rotatable bonds is 2. The van der Waals surface area contributed by atoms with Gasteiger partial charge in [0.1, 0.15) is 0 Å². The van der Waals surface area contributed by atoms with Crippen LogP contribution in [0.3, 0.4) is 0 Å². The third kappa shape index (κ3) is 3.88. The second-order valence-corrected chi connectivity index (χ2v) is 6.62. The van der Waals surface area contributed by atoms with Crippen LogP contribution in [0.2, 0.25) is 10.0 Å². The van der Waals surface area contributed by atoms with Crippen molar-refractivity contribution in [2.24, 2.45) is 0 Å². The van der Waals surface area contributed by atoms with Gasteiger partial charge in [-0.2, -0.15) is 0 Å². The maximum Gasteiger partial charge on any atom is 0.0453 e. The molecule has 0 saturated heterocycles. The molecule has 0 heterocycles. The van der Waals surface area contributed by atoms with E-state index in [-0.39, 0.29) is 4.32 Å². The Kier molecular flexibility index (Phi) is 3.67. The lowest BCUT2D eigenvalue weighted by Crippen LogP contribution is -2.13. The Morgan fingerprint density at radius 1 is 1.31 bits per heavy atom. The minimum atomic E-state index is 0.0739. The predicted molar refractivity (Wildman–Crippen MR) is 63.2 cm³/mol. The Morgan fingerprint density at radius 2 is 1.92 bits per heavy atom. The minimum absolute atomic E-state index is 0.0739. The van der Waals surface area contributed by atoms with E-state index >= 15 is 0 Å². The van der Waals surface area contributed by atoms with Gasteiger partial charge in [-0.1, -0.05) is 45.2 Å². The molecule has 3 heteroatoms. The molecule has 0 nitrogen and oxygen atoms in total. The van der Waals surface area contributed by atoms with Crippen LogP contribution in [0, 0.1) is 0 Å². The summed E-state index contributed by atoms with van der Waals surface area (Å²) < 4.78 is 0.0739. The van der Waals surface area contributed by atoms with Gasteiger partial charge in [0, 0.05) is 14.4 Å². The third-order valence-electron chi connectivity index (χ3n) is 1.63. The lowest BCUT2D eigenvalue weighted by atomic mass is 10.0. The van der Waals surface area contributed by atoms with E-state index in [4.69, 9.17) is 23.2 Å². The highest BCUT2D eigenvalue weighted by Gasteiger charge is 2.15. The second kappa shape index (κ2) is 4.20. The summed E-state index contributed by atoms with van der Waals surface area (Å²) in [5.41, 5.74) is 1.12. The summed E-state index contributed by atoms with van der Waals surface area (Å²) in [6, 6.07) is 5.60. The van der Waals surface area contributed by atoms with Crippen LogP contribution in [0.4, 0.5) is 0 Å². The molecule has 0 aromatic heterocycles. The van der Waals surface area contributed by atoms with Crippen molar-refractivity contribution in [3.8, 4) is 0 Å². The molecule has 0 radical (unpaired) electrons. The summed E-state index contributed by atoms with van der Waals surface area (Å²) in [5.74, 6) is 0. The fraction of sp³-hybridized carbons (Fsp3) is 0.400. The van der Waals surface area contributed by atoms with Gasteiger partial charge in [0.25, 0.3) is 0 Å². The molecule has 0 saturated carbocycles. The lowest BCUT2D eigenvalue weighted by molar-refractivity contribution is 0.725. The van der Waals surface area contributed by atoms with Crippen LogP contribution in [-0.4, -0.2) is 4.32 Å². The zero-order valence-corrected chi connectivity index (χ0v) is 10.7. The van der Waals surface area contributed by atoms with Crippen molar-refractivity contribution in [1.82, 2.24) is 0 Å². The van der Waals surface area contributed by atoms with Gasteiger partial charge in [-0.3, -0.25) is 0 Å². The highest BCUT2D eigenvalue weighted by molar-refractivity contribution is 9.10. The normalized spacial score (nSPS) is 11.8. The first-order chi connectivity index (χ1) is 5.88. The van der Waals surface area contributed by atoms with Gasteiger partial charge in [0.15, 0.2) is 0 Å². The molecule has 0 N–H and O–H groups in total. The Balaban J connectivity index is 2.90. The number of hydrogen-bond acceptors (Lipinski definition) is 0. The Morgan fingerprint density at radius 3 is 2.38 bits per heavy atom. The first-order valence-corrected chi connectivity index (χ1v) is 5.56. The SMILES string of the molecule is CC(C)(Br)Cc1ccc(Cl)cc1Cl. The van der Waals surface area contributed by atoms with E-state index in [1.807, 2.05) is 12.1 Å². The fourth-order valence-electron chi connectivity index (χ4n) is 1.12. The van der Waals surface area contributed by atoms with Crippen LogP contribution in [0.15, 0.2) is 18.2 Å². The maximum absolute atomic E-state index is 6.03. The largest absolute Gasteiger partial charge is 0.0856 e. The van der Waals surface area contributed by atoms with Gasteiger partial charge >= 0.3 is 0 Å².